The lowest BCUT2D eigenvalue weighted by Gasteiger charge is -2.28. The number of benzene rings is 1. The molecule has 2 aromatic rings. The van der Waals surface area contributed by atoms with Crippen molar-refractivity contribution in [1.29, 1.82) is 0 Å². The number of hydrogen-bond donors (Lipinski definition) is 0. The van der Waals surface area contributed by atoms with E-state index >= 15 is 0 Å². The summed E-state index contributed by atoms with van der Waals surface area (Å²) in [4.78, 5) is 24.5. The van der Waals surface area contributed by atoms with Crippen LogP contribution >= 0.6 is 0 Å². The van der Waals surface area contributed by atoms with E-state index in [0.29, 0.717) is 25.6 Å². The molecule has 0 radical (unpaired) electrons. The van der Waals surface area contributed by atoms with Crippen molar-refractivity contribution in [2.45, 2.75) is 13.5 Å². The highest BCUT2D eigenvalue weighted by atomic mass is 16.5. The maximum atomic E-state index is 12.1. The summed E-state index contributed by atoms with van der Waals surface area (Å²) in [6.07, 6.45) is 1.51. The first kappa shape index (κ1) is 15.4. The normalized spacial score (nSPS) is 14.6. The van der Waals surface area contributed by atoms with Crippen LogP contribution in [0.2, 0.25) is 0 Å². The van der Waals surface area contributed by atoms with Crippen LogP contribution in [0.5, 0.6) is 0 Å². The van der Waals surface area contributed by atoms with Gasteiger partial charge in [0, 0.05) is 26.1 Å². The lowest BCUT2D eigenvalue weighted by molar-refractivity contribution is -0.116. The lowest BCUT2D eigenvalue weighted by Crippen LogP contribution is -2.37. The molecule has 120 valence electrons. The van der Waals surface area contributed by atoms with Gasteiger partial charge in [0.25, 0.3) is 0 Å². The molecule has 1 saturated heterocycles. The Balaban J connectivity index is 1.83. The molecule has 1 amide bonds. The van der Waals surface area contributed by atoms with Crippen LogP contribution in [0.3, 0.4) is 0 Å². The Bertz CT molecular complexity index is 657. The van der Waals surface area contributed by atoms with E-state index in [9.17, 15) is 4.79 Å². The molecule has 0 bridgehead atoms. The van der Waals surface area contributed by atoms with Crippen LogP contribution in [0.15, 0.2) is 42.7 Å². The van der Waals surface area contributed by atoms with Gasteiger partial charge in [-0.15, -0.1) is 0 Å². The highest BCUT2D eigenvalue weighted by molar-refractivity contribution is 5.90. The van der Waals surface area contributed by atoms with E-state index in [2.05, 4.69) is 14.9 Å². The van der Waals surface area contributed by atoms with Crippen molar-refractivity contribution >= 4 is 17.5 Å². The van der Waals surface area contributed by atoms with Gasteiger partial charge >= 0.3 is 0 Å². The molecule has 1 aliphatic heterocycles. The minimum absolute atomic E-state index is 0.0412. The molecule has 1 fully saturated rings. The number of nitrogens with zero attached hydrogens (tertiary/aromatic N) is 4. The quantitative estimate of drug-likeness (QED) is 0.862. The van der Waals surface area contributed by atoms with E-state index in [0.717, 1.165) is 24.5 Å². The van der Waals surface area contributed by atoms with Gasteiger partial charge in [-0.2, -0.15) is 0 Å². The molecule has 0 atom stereocenters. The van der Waals surface area contributed by atoms with Gasteiger partial charge in [-0.3, -0.25) is 9.69 Å². The summed E-state index contributed by atoms with van der Waals surface area (Å²) in [5, 5.41) is 0. The second-order valence-electron chi connectivity index (χ2n) is 5.42. The van der Waals surface area contributed by atoms with Gasteiger partial charge in [-0.25, -0.2) is 9.97 Å². The van der Waals surface area contributed by atoms with Gasteiger partial charge in [-0.1, -0.05) is 30.3 Å². The topological polar surface area (TPSA) is 58.6 Å². The van der Waals surface area contributed by atoms with Gasteiger partial charge in [0.2, 0.25) is 5.91 Å². The summed E-state index contributed by atoms with van der Waals surface area (Å²) in [5.74, 6) is 1.41. The monoisotopic (exact) mass is 312 g/mol. The molecular weight excluding hydrogens is 292 g/mol. The Labute approximate surface area is 135 Å². The zero-order valence-corrected chi connectivity index (χ0v) is 13.2. The van der Waals surface area contributed by atoms with Crippen molar-refractivity contribution < 1.29 is 9.53 Å². The Morgan fingerprint density at radius 1 is 1.22 bits per heavy atom. The second kappa shape index (κ2) is 7.19. The number of anilines is 2. The molecular formula is C17H20N4O2. The maximum absolute atomic E-state index is 12.1. The van der Waals surface area contributed by atoms with E-state index in [1.54, 1.807) is 11.8 Å². The molecule has 0 unspecified atom stereocenters. The molecule has 23 heavy (non-hydrogen) atoms. The fourth-order valence-electron chi connectivity index (χ4n) is 2.57. The highest BCUT2D eigenvalue weighted by Gasteiger charge is 2.17. The molecule has 1 aromatic heterocycles. The van der Waals surface area contributed by atoms with E-state index in [-0.39, 0.29) is 5.91 Å². The molecule has 2 heterocycles. The number of amides is 1. The molecule has 0 spiro atoms. The first-order valence-electron chi connectivity index (χ1n) is 7.71. The number of carbonyl (C=O) groups is 1. The third kappa shape index (κ3) is 3.84. The molecule has 1 aliphatic rings. The summed E-state index contributed by atoms with van der Waals surface area (Å²) < 4.78 is 5.37. The highest BCUT2D eigenvalue weighted by Crippen LogP contribution is 2.20. The fraction of sp³-hybridized carbons (Fsp3) is 0.353. The zero-order valence-electron chi connectivity index (χ0n) is 13.2. The van der Waals surface area contributed by atoms with Gasteiger partial charge in [-0.05, 0) is 5.56 Å². The summed E-state index contributed by atoms with van der Waals surface area (Å²) in [6, 6.07) is 11.8. The van der Waals surface area contributed by atoms with E-state index in [1.807, 2.05) is 36.4 Å². The zero-order chi connectivity index (χ0) is 16.1. The van der Waals surface area contributed by atoms with Crippen molar-refractivity contribution in [3.8, 4) is 0 Å². The van der Waals surface area contributed by atoms with E-state index < -0.39 is 0 Å². The Kier molecular flexibility index (Phi) is 4.83. The molecule has 1 aromatic carbocycles. The number of carbonyl (C=O) groups excluding carboxylic acids is 1. The van der Waals surface area contributed by atoms with E-state index in [1.165, 1.54) is 6.33 Å². The van der Waals surface area contributed by atoms with Gasteiger partial charge in [0.15, 0.2) is 0 Å². The molecule has 6 nitrogen and oxygen atoms in total. The van der Waals surface area contributed by atoms with Crippen LogP contribution in [-0.2, 0) is 16.1 Å². The van der Waals surface area contributed by atoms with E-state index in [4.69, 9.17) is 4.74 Å². The van der Waals surface area contributed by atoms with Crippen LogP contribution in [0.25, 0.3) is 0 Å². The van der Waals surface area contributed by atoms with Crippen molar-refractivity contribution in [2.24, 2.45) is 0 Å². The van der Waals surface area contributed by atoms with Crippen LogP contribution in [0.1, 0.15) is 12.5 Å². The van der Waals surface area contributed by atoms with Gasteiger partial charge in [0.1, 0.15) is 18.0 Å². The average molecular weight is 312 g/mol. The third-order valence-corrected chi connectivity index (χ3v) is 3.81. The van der Waals surface area contributed by atoms with Crippen molar-refractivity contribution in [3.63, 3.8) is 0 Å². The number of aromatic nitrogens is 2. The number of ether oxygens (including phenoxy) is 1. The Morgan fingerprint density at radius 2 is 1.96 bits per heavy atom. The van der Waals surface area contributed by atoms with Crippen molar-refractivity contribution in [3.05, 3.63) is 48.3 Å². The Morgan fingerprint density at radius 3 is 2.65 bits per heavy atom. The summed E-state index contributed by atoms with van der Waals surface area (Å²) >= 11 is 0. The van der Waals surface area contributed by atoms with Gasteiger partial charge in [0.05, 0.1) is 19.8 Å². The number of morpholine rings is 1. The third-order valence-electron chi connectivity index (χ3n) is 3.81. The van der Waals surface area contributed by atoms with Crippen LogP contribution in [0.4, 0.5) is 11.6 Å². The first-order chi connectivity index (χ1) is 11.2. The predicted octanol–water partition coefficient (Wildman–Crippen LogP) is 1.87. The lowest BCUT2D eigenvalue weighted by atomic mass is 10.2. The van der Waals surface area contributed by atoms with Crippen molar-refractivity contribution in [1.82, 2.24) is 9.97 Å². The minimum Gasteiger partial charge on any atom is -0.378 e. The SMILES string of the molecule is CC(=O)N(Cc1ccccc1)c1cc(N2CCOCC2)ncn1. The molecule has 3 rings (SSSR count). The standard InChI is InChI=1S/C17H20N4O2/c1-14(22)21(12-15-5-3-2-4-6-15)17-11-16(18-13-19-17)20-7-9-23-10-8-20/h2-6,11,13H,7-10,12H2,1H3. The molecule has 0 N–H and O–H groups in total. The summed E-state index contributed by atoms with van der Waals surface area (Å²) in [5.41, 5.74) is 1.06. The summed E-state index contributed by atoms with van der Waals surface area (Å²) in [7, 11) is 0. The number of hydrogen-bond acceptors (Lipinski definition) is 5. The maximum Gasteiger partial charge on any atom is 0.225 e. The molecule has 0 saturated carbocycles. The predicted molar refractivity (Wildman–Crippen MR) is 88.4 cm³/mol. The number of rotatable bonds is 4. The average Bonchev–Trinajstić information content (AvgIpc) is 2.61. The smallest absolute Gasteiger partial charge is 0.225 e. The first-order valence-corrected chi connectivity index (χ1v) is 7.71. The largest absolute Gasteiger partial charge is 0.378 e. The minimum atomic E-state index is -0.0412. The molecule has 0 aliphatic carbocycles. The van der Waals surface area contributed by atoms with Crippen LogP contribution < -0.4 is 9.80 Å². The fourth-order valence-corrected chi connectivity index (χ4v) is 2.57. The van der Waals surface area contributed by atoms with Crippen LogP contribution in [0, 0.1) is 0 Å². The van der Waals surface area contributed by atoms with Crippen molar-refractivity contribution in [2.75, 3.05) is 36.1 Å². The van der Waals surface area contributed by atoms with Crippen LogP contribution in [-0.4, -0.2) is 42.2 Å². The summed E-state index contributed by atoms with van der Waals surface area (Å²) in [6.45, 7) is 5.04. The van der Waals surface area contributed by atoms with Gasteiger partial charge < -0.3 is 9.64 Å². The second-order valence-corrected chi connectivity index (χ2v) is 5.42. The Hall–Kier alpha value is -2.47. The molecule has 6 heteroatoms.